The molecule has 2 aromatic rings. The van der Waals surface area contributed by atoms with Gasteiger partial charge in [-0.1, -0.05) is 6.07 Å². The lowest BCUT2D eigenvalue weighted by atomic mass is 10.2. The Hall–Kier alpha value is -1.35. The van der Waals surface area contributed by atoms with Crippen LogP contribution in [0.2, 0.25) is 0 Å². The monoisotopic (exact) mass is 222 g/mol. The Morgan fingerprint density at radius 2 is 2.20 bits per heavy atom. The summed E-state index contributed by atoms with van der Waals surface area (Å²) >= 11 is 1.67. The standard InChI is InChI=1S/C12H11FOS/c13-11-2-1-3-12(8-11)14-6-4-10-5-7-15-9-10/h1-3,5,7-9H,4,6H2. The molecular weight excluding hydrogens is 211 g/mol. The number of benzene rings is 1. The van der Waals surface area contributed by atoms with E-state index < -0.39 is 0 Å². The van der Waals surface area contributed by atoms with Gasteiger partial charge in [-0.05, 0) is 34.5 Å². The smallest absolute Gasteiger partial charge is 0.126 e. The zero-order chi connectivity index (χ0) is 10.5. The highest BCUT2D eigenvalue weighted by atomic mass is 32.1. The lowest BCUT2D eigenvalue weighted by Crippen LogP contribution is -2.00. The lowest BCUT2D eigenvalue weighted by molar-refractivity contribution is 0.320. The van der Waals surface area contributed by atoms with Crippen LogP contribution in [0.3, 0.4) is 0 Å². The van der Waals surface area contributed by atoms with E-state index >= 15 is 0 Å². The summed E-state index contributed by atoms with van der Waals surface area (Å²) in [6.07, 6.45) is 0.861. The van der Waals surface area contributed by atoms with E-state index in [1.807, 2.05) is 5.38 Å². The minimum Gasteiger partial charge on any atom is -0.493 e. The van der Waals surface area contributed by atoms with Gasteiger partial charge in [-0.15, -0.1) is 0 Å². The van der Waals surface area contributed by atoms with Gasteiger partial charge in [0.2, 0.25) is 0 Å². The average molecular weight is 222 g/mol. The highest BCUT2D eigenvalue weighted by Gasteiger charge is 1.97. The summed E-state index contributed by atoms with van der Waals surface area (Å²) in [7, 11) is 0. The Balaban J connectivity index is 1.83. The summed E-state index contributed by atoms with van der Waals surface area (Å²) in [6, 6.07) is 8.28. The van der Waals surface area contributed by atoms with Crippen molar-refractivity contribution in [3.8, 4) is 5.75 Å². The Morgan fingerprint density at radius 1 is 1.27 bits per heavy atom. The quantitative estimate of drug-likeness (QED) is 0.769. The maximum atomic E-state index is 12.8. The van der Waals surface area contributed by atoms with Gasteiger partial charge in [0.25, 0.3) is 0 Å². The molecule has 0 aliphatic carbocycles. The van der Waals surface area contributed by atoms with Crippen molar-refractivity contribution in [3.63, 3.8) is 0 Å². The Labute approximate surface area is 92.1 Å². The summed E-state index contributed by atoms with van der Waals surface area (Å²) in [6.45, 7) is 0.584. The highest BCUT2D eigenvalue weighted by molar-refractivity contribution is 7.07. The molecule has 0 atom stereocenters. The Bertz CT molecular complexity index is 411. The Morgan fingerprint density at radius 3 is 2.93 bits per heavy atom. The molecule has 0 radical (unpaired) electrons. The minimum atomic E-state index is -0.261. The topological polar surface area (TPSA) is 9.23 Å². The molecule has 0 bridgehead atoms. The van der Waals surface area contributed by atoms with Gasteiger partial charge < -0.3 is 4.74 Å². The first-order valence-electron chi connectivity index (χ1n) is 4.74. The first-order chi connectivity index (χ1) is 7.34. The summed E-state index contributed by atoms with van der Waals surface area (Å²) < 4.78 is 18.2. The van der Waals surface area contributed by atoms with Crippen molar-refractivity contribution in [1.82, 2.24) is 0 Å². The van der Waals surface area contributed by atoms with Crippen LogP contribution in [0, 0.1) is 5.82 Å². The number of ether oxygens (including phenoxy) is 1. The van der Waals surface area contributed by atoms with E-state index in [2.05, 4.69) is 11.4 Å². The maximum Gasteiger partial charge on any atom is 0.126 e. The predicted molar refractivity (Wildman–Crippen MR) is 59.9 cm³/mol. The summed E-state index contributed by atoms with van der Waals surface area (Å²) in [4.78, 5) is 0. The van der Waals surface area contributed by atoms with Crippen molar-refractivity contribution in [2.24, 2.45) is 0 Å². The predicted octanol–water partition coefficient (Wildman–Crippen LogP) is 3.51. The van der Waals surface area contributed by atoms with Crippen LogP contribution in [0.15, 0.2) is 41.1 Å². The van der Waals surface area contributed by atoms with E-state index in [0.717, 1.165) is 6.42 Å². The van der Waals surface area contributed by atoms with Crippen molar-refractivity contribution in [3.05, 3.63) is 52.5 Å². The van der Waals surface area contributed by atoms with Crippen LogP contribution in [0.25, 0.3) is 0 Å². The number of halogens is 1. The van der Waals surface area contributed by atoms with E-state index in [9.17, 15) is 4.39 Å². The molecule has 0 saturated carbocycles. The van der Waals surface area contributed by atoms with Crippen molar-refractivity contribution >= 4 is 11.3 Å². The fourth-order valence-electron chi connectivity index (χ4n) is 1.28. The van der Waals surface area contributed by atoms with Gasteiger partial charge in [0.15, 0.2) is 0 Å². The maximum absolute atomic E-state index is 12.8. The molecule has 1 aromatic carbocycles. The van der Waals surface area contributed by atoms with Gasteiger partial charge >= 0.3 is 0 Å². The lowest BCUT2D eigenvalue weighted by Gasteiger charge is -2.04. The first-order valence-corrected chi connectivity index (χ1v) is 5.68. The molecule has 2 rings (SSSR count). The highest BCUT2D eigenvalue weighted by Crippen LogP contribution is 2.13. The molecule has 0 saturated heterocycles. The summed E-state index contributed by atoms with van der Waals surface area (Å²) in [5.41, 5.74) is 1.26. The van der Waals surface area contributed by atoms with E-state index in [1.165, 1.54) is 17.7 Å². The number of hydrogen-bond donors (Lipinski definition) is 0. The fraction of sp³-hybridized carbons (Fsp3) is 0.167. The van der Waals surface area contributed by atoms with E-state index in [1.54, 1.807) is 23.5 Å². The van der Waals surface area contributed by atoms with E-state index in [0.29, 0.717) is 12.4 Å². The number of rotatable bonds is 4. The van der Waals surface area contributed by atoms with Crippen LogP contribution < -0.4 is 4.74 Å². The van der Waals surface area contributed by atoms with Crippen LogP contribution in [-0.2, 0) is 6.42 Å². The second-order valence-electron chi connectivity index (χ2n) is 3.19. The minimum absolute atomic E-state index is 0.261. The van der Waals surface area contributed by atoms with Crippen molar-refractivity contribution in [1.29, 1.82) is 0 Å². The summed E-state index contributed by atoms with van der Waals surface area (Å²) in [5, 5.41) is 4.13. The zero-order valence-corrected chi connectivity index (χ0v) is 8.97. The average Bonchev–Trinajstić information content (AvgIpc) is 2.71. The normalized spacial score (nSPS) is 10.2. The molecule has 15 heavy (non-hydrogen) atoms. The van der Waals surface area contributed by atoms with E-state index in [4.69, 9.17) is 4.74 Å². The van der Waals surface area contributed by atoms with Crippen LogP contribution in [0.1, 0.15) is 5.56 Å². The van der Waals surface area contributed by atoms with Gasteiger partial charge in [0.1, 0.15) is 11.6 Å². The van der Waals surface area contributed by atoms with Crippen molar-refractivity contribution < 1.29 is 9.13 Å². The third-order valence-corrected chi connectivity index (χ3v) is 2.77. The molecule has 0 unspecified atom stereocenters. The zero-order valence-electron chi connectivity index (χ0n) is 8.15. The number of thiophene rings is 1. The van der Waals surface area contributed by atoms with Gasteiger partial charge in [-0.3, -0.25) is 0 Å². The van der Waals surface area contributed by atoms with Crippen molar-refractivity contribution in [2.75, 3.05) is 6.61 Å². The molecule has 0 fully saturated rings. The molecule has 0 amide bonds. The molecule has 0 N–H and O–H groups in total. The third kappa shape index (κ3) is 3.06. The van der Waals surface area contributed by atoms with Gasteiger partial charge in [0, 0.05) is 12.5 Å². The van der Waals surface area contributed by atoms with Gasteiger partial charge in [-0.2, -0.15) is 11.3 Å². The molecule has 0 aliphatic heterocycles. The van der Waals surface area contributed by atoms with Crippen LogP contribution >= 0.6 is 11.3 Å². The molecule has 1 nitrogen and oxygen atoms in total. The SMILES string of the molecule is Fc1cccc(OCCc2ccsc2)c1. The first kappa shape index (κ1) is 10.2. The molecule has 1 aromatic heterocycles. The Kier molecular flexibility index (Phi) is 3.35. The van der Waals surface area contributed by atoms with E-state index in [-0.39, 0.29) is 5.82 Å². The largest absolute Gasteiger partial charge is 0.493 e. The molecule has 0 aliphatic rings. The van der Waals surface area contributed by atoms with Crippen molar-refractivity contribution in [2.45, 2.75) is 6.42 Å². The van der Waals surface area contributed by atoms with Crippen LogP contribution in [0.4, 0.5) is 4.39 Å². The molecule has 78 valence electrons. The van der Waals surface area contributed by atoms with Gasteiger partial charge in [-0.25, -0.2) is 4.39 Å². The summed E-state index contributed by atoms with van der Waals surface area (Å²) in [5.74, 6) is 0.327. The fourth-order valence-corrected chi connectivity index (χ4v) is 1.98. The van der Waals surface area contributed by atoms with Crippen LogP contribution in [0.5, 0.6) is 5.75 Å². The van der Waals surface area contributed by atoms with Crippen LogP contribution in [-0.4, -0.2) is 6.61 Å². The molecule has 3 heteroatoms. The second kappa shape index (κ2) is 4.94. The molecular formula is C12H11FOS. The molecule has 1 heterocycles. The van der Waals surface area contributed by atoms with Gasteiger partial charge in [0.05, 0.1) is 6.61 Å². The third-order valence-electron chi connectivity index (χ3n) is 2.04. The number of hydrogen-bond acceptors (Lipinski definition) is 2. The molecule has 0 spiro atoms. The second-order valence-corrected chi connectivity index (χ2v) is 3.97.